The number of nitrogens with one attached hydrogen (secondary N) is 1. The molecule has 2 unspecified atom stereocenters. The van der Waals surface area contributed by atoms with Gasteiger partial charge in [-0.25, -0.2) is 4.39 Å². The monoisotopic (exact) mass is 294 g/mol. The number of methoxy groups -OCH3 is 1. The number of amides is 1. The third-order valence-electron chi connectivity index (χ3n) is 4.02. The van der Waals surface area contributed by atoms with Gasteiger partial charge in [0, 0.05) is 14.1 Å². The Morgan fingerprint density at radius 3 is 2.90 bits per heavy atom. The molecule has 1 saturated heterocycles. The van der Waals surface area contributed by atoms with Crippen molar-refractivity contribution < 1.29 is 13.9 Å². The number of hydrogen-bond donors (Lipinski definition) is 1. The summed E-state index contributed by atoms with van der Waals surface area (Å²) in [5.74, 6) is 0.393. The van der Waals surface area contributed by atoms with E-state index < -0.39 is 0 Å². The number of ether oxygens (including phenoxy) is 1. The highest BCUT2D eigenvalue weighted by Crippen LogP contribution is 2.26. The minimum atomic E-state index is -0.283. The molecule has 1 aromatic carbocycles. The van der Waals surface area contributed by atoms with Crippen LogP contribution in [0.15, 0.2) is 18.2 Å². The Bertz CT molecular complexity index is 505. The van der Waals surface area contributed by atoms with Crippen LogP contribution in [-0.2, 0) is 11.2 Å². The summed E-state index contributed by atoms with van der Waals surface area (Å²) in [6.07, 6.45) is 2.34. The molecule has 1 aliphatic heterocycles. The normalized spacial score (nSPS) is 21.9. The second kappa shape index (κ2) is 6.89. The standard InChI is InChI=1S/C16H23FN2O2/c1-19(2)16(20)13-10-11(7-8-18-13)9-12-5-4-6-14(21-3)15(12)17/h4-6,11,13,18H,7-10H2,1-3H3. The zero-order valence-corrected chi connectivity index (χ0v) is 12.9. The van der Waals surface area contributed by atoms with Gasteiger partial charge in [-0.1, -0.05) is 12.1 Å². The van der Waals surface area contributed by atoms with Crippen molar-refractivity contribution in [2.75, 3.05) is 27.7 Å². The Labute approximate surface area is 125 Å². The summed E-state index contributed by atoms with van der Waals surface area (Å²) in [6, 6.07) is 5.07. The number of halogens is 1. The maximum Gasteiger partial charge on any atom is 0.239 e. The fourth-order valence-corrected chi connectivity index (χ4v) is 2.86. The number of hydrogen-bond acceptors (Lipinski definition) is 3. The van der Waals surface area contributed by atoms with E-state index in [4.69, 9.17) is 4.74 Å². The first-order valence-electron chi connectivity index (χ1n) is 7.28. The maximum atomic E-state index is 14.2. The van der Waals surface area contributed by atoms with E-state index in [9.17, 15) is 9.18 Å². The minimum absolute atomic E-state index is 0.0887. The van der Waals surface area contributed by atoms with Crippen molar-refractivity contribution in [3.05, 3.63) is 29.6 Å². The van der Waals surface area contributed by atoms with Gasteiger partial charge in [-0.05, 0) is 43.4 Å². The number of likely N-dealkylation sites (N-methyl/N-ethyl adjacent to an activating group) is 1. The highest BCUT2D eigenvalue weighted by atomic mass is 19.1. The van der Waals surface area contributed by atoms with E-state index in [1.807, 2.05) is 0 Å². The molecule has 1 heterocycles. The Morgan fingerprint density at radius 1 is 1.48 bits per heavy atom. The van der Waals surface area contributed by atoms with Gasteiger partial charge in [0.1, 0.15) is 0 Å². The maximum absolute atomic E-state index is 14.2. The summed E-state index contributed by atoms with van der Waals surface area (Å²) in [7, 11) is 4.99. The number of benzene rings is 1. The van der Waals surface area contributed by atoms with Crippen molar-refractivity contribution in [1.82, 2.24) is 10.2 Å². The fourth-order valence-electron chi connectivity index (χ4n) is 2.86. The molecule has 5 heteroatoms. The van der Waals surface area contributed by atoms with E-state index >= 15 is 0 Å². The fraction of sp³-hybridized carbons (Fsp3) is 0.562. The first-order chi connectivity index (χ1) is 10.0. The average molecular weight is 294 g/mol. The largest absolute Gasteiger partial charge is 0.494 e. The first-order valence-corrected chi connectivity index (χ1v) is 7.28. The van der Waals surface area contributed by atoms with Gasteiger partial charge >= 0.3 is 0 Å². The SMILES string of the molecule is COc1cccc(CC2CCNC(C(=O)N(C)C)C2)c1F. The molecule has 2 atom stereocenters. The summed E-state index contributed by atoms with van der Waals surface area (Å²) in [6.45, 7) is 0.792. The number of rotatable bonds is 4. The molecule has 1 N–H and O–H groups in total. The van der Waals surface area contributed by atoms with Gasteiger partial charge in [0.05, 0.1) is 13.2 Å². The zero-order valence-electron chi connectivity index (χ0n) is 12.9. The van der Waals surface area contributed by atoms with Crippen molar-refractivity contribution in [2.24, 2.45) is 5.92 Å². The molecule has 0 spiro atoms. The quantitative estimate of drug-likeness (QED) is 0.921. The van der Waals surface area contributed by atoms with Crippen molar-refractivity contribution in [1.29, 1.82) is 0 Å². The van der Waals surface area contributed by atoms with E-state index in [-0.39, 0.29) is 23.5 Å². The molecule has 1 amide bonds. The molecule has 2 rings (SSSR count). The van der Waals surface area contributed by atoms with Crippen LogP contribution in [0.5, 0.6) is 5.75 Å². The lowest BCUT2D eigenvalue weighted by atomic mass is 9.86. The van der Waals surface area contributed by atoms with Crippen molar-refractivity contribution >= 4 is 5.91 Å². The predicted octanol–water partition coefficient (Wildman–Crippen LogP) is 1.83. The molecule has 0 aromatic heterocycles. The Kier molecular flexibility index (Phi) is 5.17. The second-order valence-electron chi connectivity index (χ2n) is 5.77. The highest BCUT2D eigenvalue weighted by molar-refractivity contribution is 5.81. The molecule has 0 aliphatic carbocycles. The summed E-state index contributed by atoms with van der Waals surface area (Å²) in [5, 5.41) is 3.24. The van der Waals surface area contributed by atoms with Gasteiger partial charge in [-0.15, -0.1) is 0 Å². The van der Waals surface area contributed by atoms with Gasteiger partial charge in [-0.2, -0.15) is 0 Å². The molecule has 21 heavy (non-hydrogen) atoms. The Morgan fingerprint density at radius 2 is 2.24 bits per heavy atom. The van der Waals surface area contributed by atoms with E-state index in [1.165, 1.54) is 7.11 Å². The summed E-state index contributed by atoms with van der Waals surface area (Å²) in [5.41, 5.74) is 0.664. The molecule has 0 saturated carbocycles. The van der Waals surface area contributed by atoms with Crippen LogP contribution in [0.3, 0.4) is 0 Å². The Hall–Kier alpha value is -1.62. The predicted molar refractivity (Wildman–Crippen MR) is 79.9 cm³/mol. The van der Waals surface area contributed by atoms with Crippen LogP contribution in [0.1, 0.15) is 18.4 Å². The van der Waals surface area contributed by atoms with Crippen LogP contribution in [0.4, 0.5) is 4.39 Å². The van der Waals surface area contributed by atoms with Gasteiger partial charge in [-0.3, -0.25) is 4.79 Å². The molecule has 4 nitrogen and oxygen atoms in total. The van der Waals surface area contributed by atoms with E-state index in [2.05, 4.69) is 5.32 Å². The molecule has 116 valence electrons. The number of piperidine rings is 1. The van der Waals surface area contributed by atoms with Crippen LogP contribution >= 0.6 is 0 Å². The summed E-state index contributed by atoms with van der Waals surface area (Å²) >= 11 is 0. The molecule has 1 fully saturated rings. The van der Waals surface area contributed by atoms with Crippen molar-refractivity contribution in [2.45, 2.75) is 25.3 Å². The molecule has 1 aliphatic rings. The van der Waals surface area contributed by atoms with Gasteiger partial charge in [0.25, 0.3) is 0 Å². The summed E-state index contributed by atoms with van der Waals surface area (Å²) in [4.78, 5) is 13.6. The van der Waals surface area contributed by atoms with Crippen molar-refractivity contribution in [3.63, 3.8) is 0 Å². The average Bonchev–Trinajstić information content (AvgIpc) is 2.49. The summed E-state index contributed by atoms with van der Waals surface area (Å²) < 4.78 is 19.2. The molecular weight excluding hydrogens is 271 g/mol. The van der Waals surface area contributed by atoms with Gasteiger partial charge < -0.3 is 15.0 Å². The minimum Gasteiger partial charge on any atom is -0.494 e. The zero-order chi connectivity index (χ0) is 15.4. The van der Waals surface area contributed by atoms with Crippen LogP contribution in [0.2, 0.25) is 0 Å². The smallest absolute Gasteiger partial charge is 0.239 e. The molecule has 1 aromatic rings. The van der Waals surface area contributed by atoms with E-state index in [1.54, 1.807) is 37.2 Å². The second-order valence-corrected chi connectivity index (χ2v) is 5.77. The Balaban J connectivity index is 2.04. The lowest BCUT2D eigenvalue weighted by Crippen LogP contribution is -2.48. The van der Waals surface area contributed by atoms with E-state index in [0.29, 0.717) is 17.9 Å². The topological polar surface area (TPSA) is 41.6 Å². The lowest BCUT2D eigenvalue weighted by molar-refractivity contribution is -0.131. The highest BCUT2D eigenvalue weighted by Gasteiger charge is 2.28. The van der Waals surface area contributed by atoms with Crippen molar-refractivity contribution in [3.8, 4) is 5.75 Å². The van der Waals surface area contributed by atoms with Gasteiger partial charge in [0.15, 0.2) is 11.6 Å². The molecule has 0 radical (unpaired) electrons. The molecule has 0 bridgehead atoms. The first kappa shape index (κ1) is 15.8. The van der Waals surface area contributed by atoms with Crippen LogP contribution < -0.4 is 10.1 Å². The van der Waals surface area contributed by atoms with E-state index in [0.717, 1.165) is 19.4 Å². The third-order valence-corrected chi connectivity index (χ3v) is 4.02. The molecular formula is C16H23FN2O2. The number of nitrogens with zero attached hydrogens (tertiary/aromatic N) is 1. The van der Waals surface area contributed by atoms with Crippen LogP contribution in [-0.4, -0.2) is 44.6 Å². The van der Waals surface area contributed by atoms with Gasteiger partial charge in [0.2, 0.25) is 5.91 Å². The third kappa shape index (κ3) is 3.73. The number of carbonyl (C=O) groups is 1. The number of carbonyl (C=O) groups excluding carboxylic acids is 1. The van der Waals surface area contributed by atoms with Crippen LogP contribution in [0, 0.1) is 11.7 Å². The lowest BCUT2D eigenvalue weighted by Gasteiger charge is -2.31. The van der Waals surface area contributed by atoms with Crippen LogP contribution in [0.25, 0.3) is 0 Å².